The molecule has 0 atom stereocenters. The van der Waals surface area contributed by atoms with E-state index in [9.17, 15) is 14.7 Å². The largest absolute Gasteiger partial charge is 0.503 e. The minimum atomic E-state index is -0.561. The predicted octanol–water partition coefficient (Wildman–Crippen LogP) is 0.0420. The van der Waals surface area contributed by atoms with E-state index in [0.29, 0.717) is 0 Å². The van der Waals surface area contributed by atoms with Gasteiger partial charge in [0.25, 0.3) is 11.8 Å². The highest BCUT2D eigenvalue weighted by Gasteiger charge is 2.39. The van der Waals surface area contributed by atoms with Crippen molar-refractivity contribution in [3.8, 4) is 5.75 Å². The lowest BCUT2D eigenvalue weighted by Gasteiger charge is -1.93. The standard InChI is InChI=1S/C8H4N2O4/c9-3-4(11)6-2-1(5(3)14-6)7(12)10-8(2)13/h11H,9H2,(H,10,12,13). The number of furan rings is 2. The number of anilines is 1. The van der Waals surface area contributed by atoms with Crippen molar-refractivity contribution in [3.63, 3.8) is 0 Å². The number of nitrogen functional groups attached to an aromatic ring is 1. The molecule has 0 radical (unpaired) electrons. The van der Waals surface area contributed by atoms with E-state index in [1.807, 2.05) is 0 Å². The second-order valence-electron chi connectivity index (χ2n) is 3.06. The fourth-order valence-corrected chi connectivity index (χ4v) is 1.68. The Morgan fingerprint density at radius 1 is 1.14 bits per heavy atom. The molecule has 2 aromatic heterocycles. The monoisotopic (exact) mass is 192 g/mol. The maximum absolute atomic E-state index is 11.2. The molecule has 0 aliphatic carbocycles. The van der Waals surface area contributed by atoms with Crippen LogP contribution >= 0.6 is 0 Å². The first-order valence-electron chi connectivity index (χ1n) is 3.83. The Kier molecular flexibility index (Phi) is 0.933. The summed E-state index contributed by atoms with van der Waals surface area (Å²) in [4.78, 5) is 22.5. The third-order valence-electron chi connectivity index (χ3n) is 2.30. The fourth-order valence-electron chi connectivity index (χ4n) is 1.68. The molecule has 0 saturated carbocycles. The summed E-state index contributed by atoms with van der Waals surface area (Å²) in [5, 5.41) is 11.5. The minimum Gasteiger partial charge on any atom is -0.503 e. The average Bonchev–Trinajstić information content (AvgIpc) is 2.71. The van der Waals surface area contributed by atoms with Gasteiger partial charge >= 0.3 is 0 Å². The van der Waals surface area contributed by atoms with E-state index < -0.39 is 11.8 Å². The number of fused-ring (bicyclic) bond motifs is 5. The van der Waals surface area contributed by atoms with Gasteiger partial charge in [0.05, 0.1) is 0 Å². The lowest BCUT2D eigenvalue weighted by atomic mass is 10.1. The lowest BCUT2D eigenvalue weighted by Crippen LogP contribution is -2.20. The number of carbonyl (C=O) groups is 2. The molecule has 0 saturated heterocycles. The van der Waals surface area contributed by atoms with Crippen molar-refractivity contribution in [3.05, 3.63) is 11.1 Å². The van der Waals surface area contributed by atoms with Crippen molar-refractivity contribution in [2.24, 2.45) is 0 Å². The van der Waals surface area contributed by atoms with Crippen LogP contribution in [0.3, 0.4) is 0 Å². The van der Waals surface area contributed by atoms with Crippen LogP contribution in [-0.4, -0.2) is 16.9 Å². The molecule has 0 fully saturated rings. The van der Waals surface area contributed by atoms with Crippen LogP contribution in [0.4, 0.5) is 5.69 Å². The molecule has 0 unspecified atom stereocenters. The number of hydrogen-bond acceptors (Lipinski definition) is 5. The molecule has 70 valence electrons. The van der Waals surface area contributed by atoms with Gasteiger partial charge in [-0.25, -0.2) is 0 Å². The number of phenolic OH excluding ortho intramolecular Hbond substituents is 1. The minimum absolute atomic E-state index is 0.00333. The van der Waals surface area contributed by atoms with Gasteiger partial charge in [-0.2, -0.15) is 0 Å². The van der Waals surface area contributed by atoms with Crippen molar-refractivity contribution in [2.75, 3.05) is 5.73 Å². The molecule has 3 rings (SSSR count). The summed E-state index contributed by atoms with van der Waals surface area (Å²) in [5.74, 6) is -1.37. The summed E-state index contributed by atoms with van der Waals surface area (Å²) in [5.41, 5.74) is 5.72. The molecule has 2 aromatic rings. The van der Waals surface area contributed by atoms with Crippen molar-refractivity contribution >= 4 is 28.7 Å². The fraction of sp³-hybridized carbons (Fsp3) is 0. The average molecular weight is 192 g/mol. The lowest BCUT2D eigenvalue weighted by molar-refractivity contribution is 0.0879. The molecular formula is C8H4N2O4. The number of nitrogens with one attached hydrogen (secondary N) is 1. The number of nitrogens with two attached hydrogens (primary N) is 1. The van der Waals surface area contributed by atoms with Crippen molar-refractivity contribution in [1.82, 2.24) is 5.32 Å². The molecule has 0 spiro atoms. The molecule has 3 heterocycles. The first-order chi connectivity index (χ1) is 6.61. The zero-order chi connectivity index (χ0) is 10.0. The molecule has 1 aliphatic rings. The van der Waals surface area contributed by atoms with Gasteiger partial charge in [-0.05, 0) is 0 Å². The van der Waals surface area contributed by atoms with E-state index in [1.165, 1.54) is 0 Å². The molecule has 2 amide bonds. The third kappa shape index (κ3) is 0.525. The van der Waals surface area contributed by atoms with Crippen molar-refractivity contribution < 1.29 is 19.1 Å². The number of rotatable bonds is 0. The van der Waals surface area contributed by atoms with Gasteiger partial charge in [-0.15, -0.1) is 0 Å². The summed E-state index contributed by atoms with van der Waals surface area (Å²) in [6.07, 6.45) is 0. The van der Waals surface area contributed by atoms with Crippen LogP contribution in [0, 0.1) is 0 Å². The molecule has 6 heteroatoms. The summed E-state index contributed by atoms with van der Waals surface area (Å²) in [6, 6.07) is 0. The maximum atomic E-state index is 11.2. The van der Waals surface area contributed by atoms with Crippen LogP contribution in [0.2, 0.25) is 0 Å². The first kappa shape index (κ1) is 7.19. The van der Waals surface area contributed by atoms with Crippen LogP contribution in [0.1, 0.15) is 20.7 Å². The van der Waals surface area contributed by atoms with Gasteiger partial charge in [0.15, 0.2) is 16.9 Å². The molecule has 0 aromatic carbocycles. The van der Waals surface area contributed by atoms with Gasteiger partial charge in [-0.3, -0.25) is 14.9 Å². The number of aromatic hydroxyl groups is 1. The number of imide groups is 1. The van der Waals surface area contributed by atoms with Crippen molar-refractivity contribution in [1.29, 1.82) is 0 Å². The Morgan fingerprint density at radius 2 is 1.71 bits per heavy atom. The number of benzene rings is 1. The topological polar surface area (TPSA) is 106 Å². The summed E-state index contributed by atoms with van der Waals surface area (Å²) >= 11 is 0. The van der Waals surface area contributed by atoms with E-state index in [1.54, 1.807) is 0 Å². The van der Waals surface area contributed by atoms with E-state index >= 15 is 0 Å². The van der Waals surface area contributed by atoms with Gasteiger partial charge in [0.2, 0.25) is 0 Å². The van der Waals surface area contributed by atoms with E-state index in [-0.39, 0.29) is 33.7 Å². The molecule has 6 nitrogen and oxygen atoms in total. The first-order valence-corrected chi connectivity index (χ1v) is 3.83. The SMILES string of the molecule is Nc1c(O)c2oc1c1c2C(=O)NC1=O. The summed E-state index contributed by atoms with van der Waals surface area (Å²) < 4.78 is 5.03. The Morgan fingerprint density at radius 3 is 2.36 bits per heavy atom. The van der Waals surface area contributed by atoms with Crippen LogP contribution in [-0.2, 0) is 0 Å². The molecule has 14 heavy (non-hydrogen) atoms. The Labute approximate surface area is 76.6 Å². The predicted molar refractivity (Wildman–Crippen MR) is 45.3 cm³/mol. The molecular weight excluding hydrogens is 188 g/mol. The Balaban J connectivity index is 2.53. The zero-order valence-electron chi connectivity index (χ0n) is 6.75. The van der Waals surface area contributed by atoms with Gasteiger partial charge in [0.1, 0.15) is 16.8 Å². The van der Waals surface area contributed by atoms with Gasteiger partial charge in [-0.1, -0.05) is 0 Å². The highest BCUT2D eigenvalue weighted by atomic mass is 16.4. The van der Waals surface area contributed by atoms with E-state index in [0.717, 1.165) is 0 Å². The summed E-state index contributed by atoms with van der Waals surface area (Å²) in [7, 11) is 0. The van der Waals surface area contributed by atoms with Gasteiger partial charge < -0.3 is 15.3 Å². The molecule has 2 bridgehead atoms. The quantitative estimate of drug-likeness (QED) is 0.310. The Hall–Kier alpha value is -2.24. The van der Waals surface area contributed by atoms with Crippen LogP contribution in [0.15, 0.2) is 4.42 Å². The van der Waals surface area contributed by atoms with Crippen molar-refractivity contribution in [2.45, 2.75) is 0 Å². The van der Waals surface area contributed by atoms with Crippen LogP contribution in [0.5, 0.6) is 5.75 Å². The molecule has 1 aliphatic heterocycles. The maximum Gasteiger partial charge on any atom is 0.263 e. The summed E-state index contributed by atoms with van der Waals surface area (Å²) in [6.45, 7) is 0. The second kappa shape index (κ2) is 1.82. The van der Waals surface area contributed by atoms with Gasteiger partial charge in [0, 0.05) is 0 Å². The Bertz CT molecular complexity index is 534. The highest BCUT2D eigenvalue weighted by molar-refractivity contribution is 6.30. The number of carbonyl (C=O) groups excluding carboxylic acids is 2. The number of amides is 2. The van der Waals surface area contributed by atoms with E-state index in [2.05, 4.69) is 5.32 Å². The normalized spacial score (nSPS) is 15.1. The second-order valence-corrected chi connectivity index (χ2v) is 3.06. The molecule has 4 N–H and O–H groups in total. The number of hydrogen-bond donors (Lipinski definition) is 3. The van der Waals surface area contributed by atoms with Crippen LogP contribution < -0.4 is 11.1 Å². The van der Waals surface area contributed by atoms with Crippen LogP contribution in [0.25, 0.3) is 11.2 Å². The zero-order valence-corrected chi connectivity index (χ0v) is 6.75. The third-order valence-corrected chi connectivity index (χ3v) is 2.30. The smallest absolute Gasteiger partial charge is 0.263 e. The highest BCUT2D eigenvalue weighted by Crippen LogP contribution is 2.44. The van der Waals surface area contributed by atoms with E-state index in [4.69, 9.17) is 10.2 Å². The number of phenols is 1.